The summed E-state index contributed by atoms with van der Waals surface area (Å²) in [5, 5.41) is 11.4. The maximum absolute atomic E-state index is 12.2. The Labute approximate surface area is 144 Å². The fourth-order valence-electron chi connectivity index (χ4n) is 2.08. The molecule has 2 aromatic rings. The summed E-state index contributed by atoms with van der Waals surface area (Å²) in [5.74, 6) is -1.55. The van der Waals surface area contributed by atoms with Crippen molar-refractivity contribution >= 4 is 27.6 Å². The number of nitrogens with one attached hydrogen (secondary N) is 2. The summed E-state index contributed by atoms with van der Waals surface area (Å²) in [7, 11) is -3.44. The van der Waals surface area contributed by atoms with E-state index in [0.29, 0.717) is 17.9 Å². The predicted molar refractivity (Wildman–Crippen MR) is 91.0 cm³/mol. The van der Waals surface area contributed by atoms with Gasteiger partial charge in [-0.1, -0.05) is 13.0 Å². The third-order valence-corrected chi connectivity index (χ3v) is 4.66. The van der Waals surface area contributed by atoms with E-state index in [1.165, 1.54) is 24.3 Å². The van der Waals surface area contributed by atoms with Crippen molar-refractivity contribution in [2.75, 3.05) is 10.5 Å². The fourth-order valence-corrected chi connectivity index (χ4v) is 3.21. The molecule has 0 spiro atoms. The average Bonchev–Trinajstić information content (AvgIpc) is 3.01. The fraction of sp³-hybridized carbons (Fsp3) is 0.250. The van der Waals surface area contributed by atoms with Gasteiger partial charge in [-0.05, 0) is 36.8 Å². The Morgan fingerprint density at radius 2 is 1.96 bits per heavy atom. The zero-order valence-electron chi connectivity index (χ0n) is 13.5. The van der Waals surface area contributed by atoms with Crippen LogP contribution in [0.4, 0.5) is 5.69 Å². The van der Waals surface area contributed by atoms with Gasteiger partial charge in [-0.15, -0.1) is 0 Å². The van der Waals surface area contributed by atoms with Gasteiger partial charge in [0.25, 0.3) is 5.91 Å². The lowest BCUT2D eigenvalue weighted by Gasteiger charge is -2.09. The molecule has 25 heavy (non-hydrogen) atoms. The maximum atomic E-state index is 12.2. The second-order valence-corrected chi connectivity index (χ2v) is 7.10. The minimum absolute atomic E-state index is 0.00612. The van der Waals surface area contributed by atoms with E-state index in [0.717, 1.165) is 0 Å². The van der Waals surface area contributed by atoms with Crippen LogP contribution in [0.3, 0.4) is 0 Å². The standard InChI is InChI=1S/C16H18N2O6S/c1-2-8-25(22,23)18-12-5-3-4-11(9-12)15(19)17-10-13-6-7-14(24-13)16(20)21/h3-7,9,18H,2,8,10H2,1H3,(H,17,19)(H,20,21). The van der Waals surface area contributed by atoms with Crippen molar-refractivity contribution in [3.05, 3.63) is 53.5 Å². The highest BCUT2D eigenvalue weighted by Crippen LogP contribution is 2.13. The third-order valence-electron chi connectivity index (χ3n) is 3.17. The molecule has 9 heteroatoms. The van der Waals surface area contributed by atoms with Crippen molar-refractivity contribution in [3.63, 3.8) is 0 Å². The Morgan fingerprint density at radius 3 is 2.60 bits per heavy atom. The van der Waals surface area contributed by atoms with Gasteiger partial charge in [0.2, 0.25) is 15.8 Å². The van der Waals surface area contributed by atoms with Gasteiger partial charge in [-0.3, -0.25) is 9.52 Å². The Kier molecular flexibility index (Phi) is 5.81. The summed E-state index contributed by atoms with van der Waals surface area (Å²) in [4.78, 5) is 22.9. The molecule has 3 N–H and O–H groups in total. The minimum Gasteiger partial charge on any atom is -0.475 e. The van der Waals surface area contributed by atoms with E-state index in [1.54, 1.807) is 19.1 Å². The smallest absolute Gasteiger partial charge is 0.371 e. The first-order valence-corrected chi connectivity index (χ1v) is 9.16. The lowest BCUT2D eigenvalue weighted by atomic mass is 10.2. The maximum Gasteiger partial charge on any atom is 0.371 e. The molecule has 1 heterocycles. The van der Waals surface area contributed by atoms with Crippen molar-refractivity contribution in [2.45, 2.75) is 19.9 Å². The van der Waals surface area contributed by atoms with Gasteiger partial charge in [-0.25, -0.2) is 13.2 Å². The molecule has 134 valence electrons. The molecule has 1 aromatic heterocycles. The van der Waals surface area contributed by atoms with Crippen LogP contribution in [-0.2, 0) is 16.6 Å². The van der Waals surface area contributed by atoms with Crippen LogP contribution in [0.25, 0.3) is 0 Å². The summed E-state index contributed by atoms with van der Waals surface area (Å²) in [6.45, 7) is 1.77. The molecule has 2 rings (SSSR count). The van der Waals surface area contributed by atoms with E-state index in [1.807, 2.05) is 0 Å². The van der Waals surface area contributed by atoms with Crippen LogP contribution in [0.5, 0.6) is 0 Å². The first kappa shape index (κ1) is 18.5. The second kappa shape index (κ2) is 7.84. The number of benzene rings is 1. The number of rotatable bonds is 8. The third kappa shape index (κ3) is 5.35. The van der Waals surface area contributed by atoms with Crippen molar-refractivity contribution in [1.29, 1.82) is 0 Å². The summed E-state index contributed by atoms with van der Waals surface area (Å²) in [5.41, 5.74) is 0.564. The van der Waals surface area contributed by atoms with Crippen LogP contribution in [0.1, 0.15) is 40.0 Å². The van der Waals surface area contributed by atoms with Crippen LogP contribution < -0.4 is 10.0 Å². The normalized spacial score (nSPS) is 11.1. The summed E-state index contributed by atoms with van der Waals surface area (Å²) < 4.78 is 31.0. The number of carbonyl (C=O) groups excluding carboxylic acids is 1. The van der Waals surface area contributed by atoms with Crippen LogP contribution >= 0.6 is 0 Å². The minimum atomic E-state index is -3.44. The molecule has 0 atom stereocenters. The molecule has 0 radical (unpaired) electrons. The Balaban J connectivity index is 2.01. The number of anilines is 1. The molecule has 0 saturated carbocycles. The number of sulfonamides is 1. The molecular formula is C16H18N2O6S. The molecule has 0 bridgehead atoms. The molecule has 1 amide bonds. The molecule has 0 aliphatic heterocycles. The lowest BCUT2D eigenvalue weighted by Crippen LogP contribution is -2.23. The highest BCUT2D eigenvalue weighted by molar-refractivity contribution is 7.92. The SMILES string of the molecule is CCCS(=O)(=O)Nc1cccc(C(=O)NCc2ccc(C(=O)O)o2)c1. The lowest BCUT2D eigenvalue weighted by molar-refractivity contribution is 0.0660. The van der Waals surface area contributed by atoms with Crippen molar-refractivity contribution in [3.8, 4) is 0 Å². The zero-order chi connectivity index (χ0) is 18.4. The van der Waals surface area contributed by atoms with Crippen LogP contribution in [0, 0.1) is 0 Å². The number of hydrogen-bond acceptors (Lipinski definition) is 5. The number of carbonyl (C=O) groups is 2. The Bertz CT molecular complexity index is 872. The van der Waals surface area contributed by atoms with E-state index in [9.17, 15) is 18.0 Å². The Hall–Kier alpha value is -2.81. The quantitative estimate of drug-likeness (QED) is 0.656. The highest BCUT2D eigenvalue weighted by atomic mass is 32.2. The summed E-state index contributed by atoms with van der Waals surface area (Å²) in [6, 6.07) is 8.83. The van der Waals surface area contributed by atoms with Crippen LogP contribution in [0.15, 0.2) is 40.8 Å². The summed E-state index contributed by atoms with van der Waals surface area (Å²) in [6.07, 6.45) is 0.483. The van der Waals surface area contributed by atoms with E-state index >= 15 is 0 Å². The molecule has 1 aromatic carbocycles. The van der Waals surface area contributed by atoms with Gasteiger partial charge in [-0.2, -0.15) is 0 Å². The first-order valence-electron chi connectivity index (χ1n) is 7.51. The van der Waals surface area contributed by atoms with Crippen molar-refractivity contribution < 1.29 is 27.5 Å². The van der Waals surface area contributed by atoms with Crippen LogP contribution in [0.2, 0.25) is 0 Å². The van der Waals surface area contributed by atoms with E-state index in [-0.39, 0.29) is 23.6 Å². The number of aromatic carboxylic acids is 1. The van der Waals surface area contributed by atoms with Crippen molar-refractivity contribution in [1.82, 2.24) is 5.32 Å². The van der Waals surface area contributed by atoms with Crippen molar-refractivity contribution in [2.24, 2.45) is 0 Å². The molecule has 0 saturated heterocycles. The number of carboxylic acid groups (broad SMARTS) is 1. The topological polar surface area (TPSA) is 126 Å². The molecule has 0 fully saturated rings. The second-order valence-electron chi connectivity index (χ2n) is 5.26. The predicted octanol–water partition coefficient (Wildman–Crippen LogP) is 2.06. The highest BCUT2D eigenvalue weighted by Gasteiger charge is 2.13. The Morgan fingerprint density at radius 1 is 1.20 bits per heavy atom. The van der Waals surface area contributed by atoms with Crippen LogP contribution in [-0.4, -0.2) is 31.2 Å². The molecule has 0 unspecified atom stereocenters. The number of hydrogen-bond donors (Lipinski definition) is 3. The zero-order valence-corrected chi connectivity index (χ0v) is 14.3. The molecule has 8 nitrogen and oxygen atoms in total. The summed E-state index contributed by atoms with van der Waals surface area (Å²) >= 11 is 0. The van der Waals surface area contributed by atoms with Gasteiger partial charge in [0.15, 0.2) is 0 Å². The average molecular weight is 366 g/mol. The first-order chi connectivity index (χ1) is 11.8. The number of carboxylic acids is 1. The number of amides is 1. The van der Waals surface area contributed by atoms with Gasteiger partial charge in [0, 0.05) is 11.3 Å². The molecule has 0 aliphatic rings. The van der Waals surface area contributed by atoms with Gasteiger partial charge >= 0.3 is 5.97 Å². The van der Waals surface area contributed by atoms with Gasteiger partial charge in [0.1, 0.15) is 5.76 Å². The van der Waals surface area contributed by atoms with E-state index in [2.05, 4.69) is 10.0 Å². The molecular weight excluding hydrogens is 348 g/mol. The number of furan rings is 1. The van der Waals surface area contributed by atoms with Gasteiger partial charge < -0.3 is 14.8 Å². The largest absolute Gasteiger partial charge is 0.475 e. The molecule has 0 aliphatic carbocycles. The monoisotopic (exact) mass is 366 g/mol. The van der Waals surface area contributed by atoms with E-state index < -0.39 is 21.9 Å². The van der Waals surface area contributed by atoms with E-state index in [4.69, 9.17) is 9.52 Å². The van der Waals surface area contributed by atoms with Gasteiger partial charge in [0.05, 0.1) is 12.3 Å².